The summed E-state index contributed by atoms with van der Waals surface area (Å²) in [6.45, 7) is 0.459. The number of benzene rings is 1. The molecule has 0 saturated carbocycles. The first-order valence-corrected chi connectivity index (χ1v) is 5.72. The van der Waals surface area contributed by atoms with Crippen molar-refractivity contribution in [1.29, 1.82) is 0 Å². The topological polar surface area (TPSA) is 44.8 Å². The molecule has 1 aromatic rings. The highest BCUT2D eigenvalue weighted by atomic mass is 79.9. The largest absolute Gasteiger partial charge is 0.465 e. The van der Waals surface area contributed by atoms with Gasteiger partial charge in [0, 0.05) is 5.56 Å². The molecule has 1 saturated heterocycles. The van der Waals surface area contributed by atoms with Crippen LogP contribution in [0, 0.1) is 0 Å². The summed E-state index contributed by atoms with van der Waals surface area (Å²) in [6, 6.07) is 7.09. The summed E-state index contributed by atoms with van der Waals surface area (Å²) in [6.07, 6.45) is -0.514. The van der Waals surface area contributed by atoms with Crippen LogP contribution in [0.1, 0.15) is 22.2 Å². The molecular formula is C11H11BrO4. The van der Waals surface area contributed by atoms with Crippen LogP contribution in [-0.4, -0.2) is 24.7 Å². The van der Waals surface area contributed by atoms with Gasteiger partial charge in [-0.25, -0.2) is 4.79 Å². The van der Waals surface area contributed by atoms with Crippen LogP contribution < -0.4 is 0 Å². The number of halogens is 1. The van der Waals surface area contributed by atoms with Crippen molar-refractivity contribution in [2.45, 2.75) is 11.3 Å². The lowest BCUT2D eigenvalue weighted by molar-refractivity contribution is -0.0482. The van der Waals surface area contributed by atoms with E-state index in [9.17, 15) is 4.79 Å². The highest BCUT2D eigenvalue weighted by Gasteiger charge is 2.28. The fourth-order valence-corrected chi connectivity index (χ4v) is 1.89. The molecule has 0 radical (unpaired) electrons. The Morgan fingerprint density at radius 1 is 1.50 bits per heavy atom. The molecule has 0 amide bonds. The van der Waals surface area contributed by atoms with Crippen molar-refractivity contribution < 1.29 is 19.0 Å². The molecule has 1 aromatic carbocycles. The summed E-state index contributed by atoms with van der Waals surface area (Å²) in [5.41, 5.74) is 1.16. The second-order valence-electron chi connectivity index (χ2n) is 3.29. The summed E-state index contributed by atoms with van der Waals surface area (Å²) >= 11 is 3.29. The fourth-order valence-electron chi connectivity index (χ4n) is 1.54. The number of esters is 1. The molecule has 1 heterocycles. The Hall–Kier alpha value is -0.910. The van der Waals surface area contributed by atoms with Crippen molar-refractivity contribution in [3.63, 3.8) is 0 Å². The fraction of sp³-hybridized carbons (Fsp3) is 0.364. The van der Waals surface area contributed by atoms with Crippen molar-refractivity contribution in [2.75, 3.05) is 13.7 Å². The Kier molecular flexibility index (Phi) is 3.58. The average Bonchev–Trinajstić information content (AvgIpc) is 2.75. The molecule has 1 aliphatic heterocycles. The van der Waals surface area contributed by atoms with Gasteiger partial charge in [-0.2, -0.15) is 0 Å². The van der Waals surface area contributed by atoms with E-state index in [0.29, 0.717) is 17.7 Å². The highest BCUT2D eigenvalue weighted by molar-refractivity contribution is 9.09. The minimum absolute atomic E-state index is 0.136. The van der Waals surface area contributed by atoms with Crippen molar-refractivity contribution in [3.05, 3.63) is 35.4 Å². The molecule has 0 N–H and O–H groups in total. The number of ether oxygens (including phenoxy) is 3. The molecule has 0 aliphatic carbocycles. The molecule has 4 nitrogen and oxygen atoms in total. The van der Waals surface area contributed by atoms with Crippen LogP contribution in [0.2, 0.25) is 0 Å². The van der Waals surface area contributed by atoms with Crippen molar-refractivity contribution in [1.82, 2.24) is 0 Å². The Balaban J connectivity index is 2.29. The van der Waals surface area contributed by atoms with Crippen LogP contribution in [-0.2, 0) is 14.2 Å². The van der Waals surface area contributed by atoms with E-state index < -0.39 is 6.29 Å². The van der Waals surface area contributed by atoms with Crippen molar-refractivity contribution in [3.8, 4) is 0 Å². The number of hydrogen-bond acceptors (Lipinski definition) is 4. The Labute approximate surface area is 102 Å². The maximum atomic E-state index is 11.5. The number of carbonyl (C=O) groups is 1. The summed E-state index contributed by atoms with van der Waals surface area (Å²) in [4.78, 5) is 11.5. The summed E-state index contributed by atoms with van der Waals surface area (Å²) < 4.78 is 15.6. The van der Waals surface area contributed by atoms with Crippen LogP contribution in [0.5, 0.6) is 0 Å². The van der Waals surface area contributed by atoms with Gasteiger partial charge < -0.3 is 14.2 Å². The molecule has 2 rings (SSSR count). The second-order valence-corrected chi connectivity index (χ2v) is 4.31. The standard InChI is InChI=1S/C11H11BrO4/c1-14-10(13)7-4-2-3-5-8(7)11-15-6-9(12)16-11/h2-5,9,11H,6H2,1H3. The van der Waals surface area contributed by atoms with Crippen LogP contribution >= 0.6 is 15.9 Å². The maximum Gasteiger partial charge on any atom is 0.338 e. The minimum atomic E-state index is -0.514. The van der Waals surface area contributed by atoms with E-state index >= 15 is 0 Å². The predicted molar refractivity (Wildman–Crippen MR) is 60.3 cm³/mol. The SMILES string of the molecule is COC(=O)c1ccccc1C1OCC(Br)O1. The van der Waals surface area contributed by atoms with E-state index in [1.165, 1.54) is 7.11 Å². The summed E-state index contributed by atoms with van der Waals surface area (Å²) in [5, 5.41) is -0.136. The number of alkyl halides is 1. The van der Waals surface area contributed by atoms with E-state index in [-0.39, 0.29) is 11.0 Å². The normalized spacial score (nSPS) is 24.4. The lowest BCUT2D eigenvalue weighted by Gasteiger charge is -2.13. The van der Waals surface area contributed by atoms with Gasteiger partial charge >= 0.3 is 5.97 Å². The first-order valence-electron chi connectivity index (χ1n) is 4.80. The third-order valence-electron chi connectivity index (χ3n) is 2.27. The third-order valence-corrected chi connectivity index (χ3v) is 2.75. The Morgan fingerprint density at radius 3 is 2.88 bits per heavy atom. The van der Waals surface area contributed by atoms with Gasteiger partial charge in [-0.05, 0) is 6.07 Å². The first kappa shape index (κ1) is 11.6. The van der Waals surface area contributed by atoms with Gasteiger partial charge in [-0.1, -0.05) is 34.1 Å². The smallest absolute Gasteiger partial charge is 0.338 e. The van der Waals surface area contributed by atoms with Crippen LogP contribution in [0.3, 0.4) is 0 Å². The number of rotatable bonds is 2. The second kappa shape index (κ2) is 4.95. The average molecular weight is 287 g/mol. The van der Waals surface area contributed by atoms with E-state index in [4.69, 9.17) is 14.2 Å². The molecule has 16 heavy (non-hydrogen) atoms. The van der Waals surface area contributed by atoms with Gasteiger partial charge in [0.1, 0.15) is 5.01 Å². The van der Waals surface area contributed by atoms with Gasteiger partial charge in [0.15, 0.2) is 6.29 Å². The first-order chi connectivity index (χ1) is 7.72. The Morgan fingerprint density at radius 2 is 2.25 bits per heavy atom. The van der Waals surface area contributed by atoms with Crippen molar-refractivity contribution >= 4 is 21.9 Å². The lowest BCUT2D eigenvalue weighted by atomic mass is 10.1. The number of carbonyl (C=O) groups excluding carboxylic acids is 1. The van der Waals surface area contributed by atoms with E-state index in [2.05, 4.69) is 15.9 Å². The zero-order valence-corrected chi connectivity index (χ0v) is 10.3. The van der Waals surface area contributed by atoms with Gasteiger partial charge in [-0.3, -0.25) is 0 Å². The van der Waals surface area contributed by atoms with Gasteiger partial charge in [0.25, 0.3) is 0 Å². The van der Waals surface area contributed by atoms with Crippen molar-refractivity contribution in [2.24, 2.45) is 0 Å². The van der Waals surface area contributed by atoms with Crippen LogP contribution in [0.15, 0.2) is 24.3 Å². The summed E-state index contributed by atoms with van der Waals surface area (Å²) in [5.74, 6) is -0.388. The lowest BCUT2D eigenvalue weighted by Crippen LogP contribution is -2.09. The van der Waals surface area contributed by atoms with Crippen LogP contribution in [0.4, 0.5) is 0 Å². The number of methoxy groups -OCH3 is 1. The molecule has 1 fully saturated rings. The zero-order chi connectivity index (χ0) is 11.5. The van der Waals surface area contributed by atoms with Gasteiger partial charge in [0.05, 0.1) is 19.3 Å². The van der Waals surface area contributed by atoms with Gasteiger partial charge in [-0.15, -0.1) is 0 Å². The van der Waals surface area contributed by atoms with E-state index in [1.54, 1.807) is 18.2 Å². The van der Waals surface area contributed by atoms with E-state index in [1.807, 2.05) is 6.07 Å². The minimum Gasteiger partial charge on any atom is -0.465 e. The molecule has 2 atom stereocenters. The quantitative estimate of drug-likeness (QED) is 0.618. The molecule has 2 unspecified atom stereocenters. The van der Waals surface area contributed by atoms with Gasteiger partial charge in [0.2, 0.25) is 0 Å². The molecule has 86 valence electrons. The molecular weight excluding hydrogens is 276 g/mol. The third kappa shape index (κ3) is 2.26. The molecule has 5 heteroatoms. The summed E-state index contributed by atoms with van der Waals surface area (Å²) in [7, 11) is 1.35. The highest BCUT2D eigenvalue weighted by Crippen LogP contribution is 2.31. The number of hydrogen-bond donors (Lipinski definition) is 0. The monoisotopic (exact) mass is 286 g/mol. The Bertz CT molecular complexity index is 393. The van der Waals surface area contributed by atoms with Crippen LogP contribution in [0.25, 0.3) is 0 Å². The molecule has 0 bridgehead atoms. The predicted octanol–water partition coefficient (Wildman–Crippen LogP) is 2.24. The maximum absolute atomic E-state index is 11.5. The zero-order valence-electron chi connectivity index (χ0n) is 8.68. The van der Waals surface area contributed by atoms with E-state index in [0.717, 1.165) is 0 Å². The molecule has 0 spiro atoms. The molecule has 1 aliphatic rings. The molecule has 0 aromatic heterocycles.